The molecule has 0 heterocycles. The average Bonchev–Trinajstić information content (AvgIpc) is 2.27. The quantitative estimate of drug-likeness (QED) is 0.889. The van der Waals surface area contributed by atoms with Gasteiger partial charge in [-0.1, -0.05) is 17.7 Å². The lowest BCUT2D eigenvalue weighted by Gasteiger charge is -2.27. The fourth-order valence-electron chi connectivity index (χ4n) is 1.71. The Hall–Kier alpha value is -0.380. The van der Waals surface area contributed by atoms with Gasteiger partial charge in [-0.25, -0.2) is 0 Å². The molecule has 4 heteroatoms. The number of nitrogens with zero attached hydrogens (tertiary/aromatic N) is 1. The average molecular weight is 273 g/mol. The molecule has 0 aliphatic rings. The molecule has 17 heavy (non-hydrogen) atoms. The second kappa shape index (κ2) is 6.53. The molecule has 0 aromatic heterocycles. The number of benzene rings is 1. The summed E-state index contributed by atoms with van der Waals surface area (Å²) >= 11 is 8.09. The first-order valence-electron chi connectivity index (χ1n) is 5.74. The van der Waals surface area contributed by atoms with E-state index in [1.54, 1.807) is 0 Å². The van der Waals surface area contributed by atoms with Gasteiger partial charge in [0.25, 0.3) is 0 Å². The maximum absolute atomic E-state index is 6.24. The van der Waals surface area contributed by atoms with Crippen molar-refractivity contribution < 1.29 is 0 Å². The highest BCUT2D eigenvalue weighted by Crippen LogP contribution is 2.27. The van der Waals surface area contributed by atoms with Gasteiger partial charge in [-0.2, -0.15) is 11.8 Å². The second-order valence-corrected chi connectivity index (χ2v) is 5.73. The van der Waals surface area contributed by atoms with Crippen LogP contribution in [0.4, 0.5) is 5.69 Å². The van der Waals surface area contributed by atoms with Gasteiger partial charge in [0, 0.05) is 35.6 Å². The van der Waals surface area contributed by atoms with Gasteiger partial charge in [0.2, 0.25) is 0 Å². The molecule has 0 bridgehead atoms. The lowest BCUT2D eigenvalue weighted by Crippen LogP contribution is -2.30. The van der Waals surface area contributed by atoms with Crippen molar-refractivity contribution in [3.63, 3.8) is 0 Å². The Bertz CT molecular complexity index is 368. The highest BCUT2D eigenvalue weighted by Gasteiger charge is 2.12. The minimum Gasteiger partial charge on any atom is -0.371 e. The fraction of sp³-hybridized carbons (Fsp3) is 0.538. The van der Waals surface area contributed by atoms with Crippen LogP contribution in [-0.4, -0.2) is 25.1 Å². The first kappa shape index (κ1) is 14.7. The van der Waals surface area contributed by atoms with Crippen molar-refractivity contribution in [1.82, 2.24) is 0 Å². The van der Waals surface area contributed by atoms with Crippen molar-refractivity contribution in [2.24, 2.45) is 5.73 Å². The molecular weight excluding hydrogens is 252 g/mol. The van der Waals surface area contributed by atoms with Gasteiger partial charge in [-0.05, 0) is 37.8 Å². The van der Waals surface area contributed by atoms with Crippen LogP contribution < -0.4 is 10.6 Å². The molecular formula is C13H21ClN2S. The van der Waals surface area contributed by atoms with E-state index in [9.17, 15) is 0 Å². The van der Waals surface area contributed by atoms with Gasteiger partial charge in [0.05, 0.1) is 0 Å². The predicted molar refractivity (Wildman–Crippen MR) is 80.3 cm³/mol. The van der Waals surface area contributed by atoms with Gasteiger partial charge in [-0.3, -0.25) is 0 Å². The largest absolute Gasteiger partial charge is 0.371 e. The summed E-state index contributed by atoms with van der Waals surface area (Å²) in [4.78, 5) is 2.24. The molecule has 0 aliphatic carbocycles. The summed E-state index contributed by atoms with van der Waals surface area (Å²) < 4.78 is 0. The van der Waals surface area contributed by atoms with E-state index in [1.807, 2.05) is 30.8 Å². The van der Waals surface area contributed by atoms with E-state index in [0.29, 0.717) is 6.04 Å². The van der Waals surface area contributed by atoms with Crippen LogP contribution >= 0.6 is 23.4 Å². The Labute approximate surface area is 114 Å². The number of nitrogens with two attached hydrogens (primary N) is 1. The molecule has 0 saturated carbocycles. The third-order valence-electron chi connectivity index (χ3n) is 2.95. The highest BCUT2D eigenvalue weighted by atomic mass is 35.5. The zero-order valence-corrected chi connectivity index (χ0v) is 12.5. The van der Waals surface area contributed by atoms with E-state index in [1.165, 1.54) is 0 Å². The summed E-state index contributed by atoms with van der Waals surface area (Å²) in [7, 11) is 2.10. The molecule has 2 nitrogen and oxygen atoms in total. The molecule has 0 fully saturated rings. The van der Waals surface area contributed by atoms with E-state index >= 15 is 0 Å². The molecule has 2 N–H and O–H groups in total. The van der Waals surface area contributed by atoms with Crippen LogP contribution in [0, 0.1) is 0 Å². The Balaban J connectivity index is 2.89. The molecule has 2 unspecified atom stereocenters. The van der Waals surface area contributed by atoms with Crippen LogP contribution in [0.2, 0.25) is 5.02 Å². The normalized spacial score (nSPS) is 14.5. The molecule has 0 aliphatic heterocycles. The monoisotopic (exact) mass is 272 g/mol. The molecule has 0 radical (unpaired) electrons. The second-order valence-electron chi connectivity index (χ2n) is 4.41. The summed E-state index contributed by atoms with van der Waals surface area (Å²) in [6, 6.07) is 6.57. The van der Waals surface area contributed by atoms with Crippen LogP contribution in [0.25, 0.3) is 0 Å². The topological polar surface area (TPSA) is 29.3 Å². The van der Waals surface area contributed by atoms with Crippen molar-refractivity contribution in [1.29, 1.82) is 0 Å². The molecule has 1 aromatic carbocycles. The van der Waals surface area contributed by atoms with E-state index in [0.717, 1.165) is 22.0 Å². The van der Waals surface area contributed by atoms with Crippen molar-refractivity contribution in [2.45, 2.75) is 25.9 Å². The standard InChI is InChI=1S/C13H21ClN2S/c1-9(8-17-4)16(3)11-5-6-12(10(2)15)13(14)7-11/h5-7,9-10H,8,15H2,1-4H3. The third-order valence-corrected chi connectivity index (χ3v) is 4.09. The van der Waals surface area contributed by atoms with Crippen LogP contribution in [-0.2, 0) is 0 Å². The number of rotatable bonds is 5. The minimum absolute atomic E-state index is 0.0227. The maximum Gasteiger partial charge on any atom is 0.0474 e. The smallest absolute Gasteiger partial charge is 0.0474 e. The zero-order valence-electron chi connectivity index (χ0n) is 10.9. The van der Waals surface area contributed by atoms with Crippen LogP contribution in [0.5, 0.6) is 0 Å². The fourth-order valence-corrected chi connectivity index (χ4v) is 2.77. The predicted octanol–water partition coefficient (Wildman–Crippen LogP) is 3.55. The van der Waals surface area contributed by atoms with Crippen molar-refractivity contribution in [2.75, 3.05) is 24.0 Å². The van der Waals surface area contributed by atoms with Gasteiger partial charge in [0.15, 0.2) is 0 Å². The third kappa shape index (κ3) is 3.80. The van der Waals surface area contributed by atoms with Gasteiger partial charge >= 0.3 is 0 Å². The zero-order chi connectivity index (χ0) is 13.0. The van der Waals surface area contributed by atoms with E-state index in [2.05, 4.69) is 31.2 Å². The molecule has 0 saturated heterocycles. The first-order valence-corrected chi connectivity index (χ1v) is 7.51. The highest BCUT2D eigenvalue weighted by molar-refractivity contribution is 7.98. The minimum atomic E-state index is -0.0227. The van der Waals surface area contributed by atoms with Crippen molar-refractivity contribution in [3.8, 4) is 0 Å². The lowest BCUT2D eigenvalue weighted by molar-refractivity contribution is 0.763. The first-order chi connectivity index (χ1) is 7.97. The van der Waals surface area contributed by atoms with E-state index in [4.69, 9.17) is 17.3 Å². The number of halogens is 1. The summed E-state index contributed by atoms with van der Waals surface area (Å²) in [6.45, 7) is 4.16. The van der Waals surface area contributed by atoms with Crippen molar-refractivity contribution in [3.05, 3.63) is 28.8 Å². The number of thioether (sulfide) groups is 1. The van der Waals surface area contributed by atoms with Crippen LogP contribution in [0.3, 0.4) is 0 Å². The summed E-state index contributed by atoms with van der Waals surface area (Å²) in [6.07, 6.45) is 2.12. The molecule has 0 spiro atoms. The Kier molecular flexibility index (Phi) is 5.63. The SMILES string of the molecule is CSCC(C)N(C)c1ccc(C(C)N)c(Cl)c1. The molecule has 1 aromatic rings. The molecule has 0 amide bonds. The van der Waals surface area contributed by atoms with Gasteiger partial charge < -0.3 is 10.6 Å². The van der Waals surface area contributed by atoms with E-state index in [-0.39, 0.29) is 6.04 Å². The number of hydrogen-bond acceptors (Lipinski definition) is 3. The Morgan fingerprint density at radius 3 is 2.53 bits per heavy atom. The van der Waals surface area contributed by atoms with Gasteiger partial charge in [-0.15, -0.1) is 0 Å². The Morgan fingerprint density at radius 1 is 1.41 bits per heavy atom. The lowest BCUT2D eigenvalue weighted by atomic mass is 10.1. The van der Waals surface area contributed by atoms with Crippen LogP contribution in [0.15, 0.2) is 18.2 Å². The number of hydrogen-bond donors (Lipinski definition) is 1. The summed E-state index contributed by atoms with van der Waals surface area (Å²) in [5.74, 6) is 1.10. The van der Waals surface area contributed by atoms with Gasteiger partial charge in [0.1, 0.15) is 0 Å². The molecule has 96 valence electrons. The maximum atomic E-state index is 6.24. The Morgan fingerprint density at radius 2 is 2.06 bits per heavy atom. The van der Waals surface area contributed by atoms with Crippen LogP contribution in [0.1, 0.15) is 25.5 Å². The summed E-state index contributed by atoms with van der Waals surface area (Å²) in [5.41, 5.74) is 7.99. The molecule has 2 atom stereocenters. The molecule has 1 rings (SSSR count). The summed E-state index contributed by atoms with van der Waals surface area (Å²) in [5, 5.41) is 0.751. The van der Waals surface area contributed by atoms with E-state index < -0.39 is 0 Å². The number of anilines is 1. The van der Waals surface area contributed by atoms with Crippen molar-refractivity contribution >= 4 is 29.1 Å².